The van der Waals surface area contributed by atoms with Crippen molar-refractivity contribution in [3.63, 3.8) is 0 Å². The number of aryl methyl sites for hydroxylation is 3. The van der Waals surface area contributed by atoms with E-state index in [4.69, 9.17) is 4.74 Å². The van der Waals surface area contributed by atoms with Crippen LogP contribution in [0.2, 0.25) is 0 Å². The van der Waals surface area contributed by atoms with Crippen LogP contribution >= 0.6 is 0 Å². The Kier molecular flexibility index (Phi) is 7.18. The molecule has 0 bridgehead atoms. The van der Waals surface area contributed by atoms with Crippen molar-refractivity contribution in [3.05, 3.63) is 53.0 Å². The topological polar surface area (TPSA) is 123 Å². The predicted octanol–water partition coefficient (Wildman–Crippen LogP) is 3.01. The Hall–Kier alpha value is -3.31. The lowest BCUT2D eigenvalue weighted by Gasteiger charge is -2.21. The SMILES string of the molecule is Cc1cc(C)n2ncc(C(=O)OCC(=O)Nc3ccc(C)c(S(=O)(=O)N4CCCCCC4)c3)c2n1. The van der Waals surface area contributed by atoms with E-state index in [-0.39, 0.29) is 10.5 Å². The molecular formula is C24H29N5O5S. The van der Waals surface area contributed by atoms with Crippen LogP contribution in [0.4, 0.5) is 5.69 Å². The third-order valence-corrected chi connectivity index (χ3v) is 8.03. The predicted molar refractivity (Wildman–Crippen MR) is 130 cm³/mol. The van der Waals surface area contributed by atoms with Crippen molar-refractivity contribution >= 4 is 33.2 Å². The van der Waals surface area contributed by atoms with Crippen molar-refractivity contribution in [1.82, 2.24) is 18.9 Å². The van der Waals surface area contributed by atoms with Gasteiger partial charge in [0.2, 0.25) is 10.0 Å². The van der Waals surface area contributed by atoms with Crippen molar-refractivity contribution in [2.75, 3.05) is 25.0 Å². The Morgan fingerprint density at radius 2 is 1.77 bits per heavy atom. The first kappa shape index (κ1) is 24.8. The highest BCUT2D eigenvalue weighted by Crippen LogP contribution is 2.26. The summed E-state index contributed by atoms with van der Waals surface area (Å²) < 4.78 is 34.7. The molecule has 1 fully saturated rings. The number of hydrogen-bond acceptors (Lipinski definition) is 7. The number of benzene rings is 1. The zero-order valence-corrected chi connectivity index (χ0v) is 20.9. The van der Waals surface area contributed by atoms with Crippen LogP contribution in [0.1, 0.15) is 53.0 Å². The van der Waals surface area contributed by atoms with Gasteiger partial charge in [0.1, 0.15) is 5.56 Å². The number of sulfonamides is 1. The number of nitrogens with zero attached hydrogens (tertiary/aromatic N) is 4. The summed E-state index contributed by atoms with van der Waals surface area (Å²) in [5.41, 5.74) is 2.97. The molecule has 1 N–H and O–H groups in total. The molecule has 0 aliphatic carbocycles. The molecule has 10 nitrogen and oxygen atoms in total. The second-order valence-electron chi connectivity index (χ2n) is 8.76. The number of carbonyl (C=O) groups excluding carboxylic acids is 2. The van der Waals surface area contributed by atoms with Gasteiger partial charge in [0.15, 0.2) is 12.3 Å². The lowest BCUT2D eigenvalue weighted by atomic mass is 10.2. The van der Waals surface area contributed by atoms with Gasteiger partial charge in [-0.3, -0.25) is 4.79 Å². The molecule has 1 aromatic carbocycles. The molecule has 1 saturated heterocycles. The van der Waals surface area contributed by atoms with Crippen LogP contribution in [0.5, 0.6) is 0 Å². The van der Waals surface area contributed by atoms with E-state index in [0.717, 1.165) is 37.1 Å². The van der Waals surface area contributed by atoms with E-state index in [1.165, 1.54) is 21.1 Å². The first-order valence-electron chi connectivity index (χ1n) is 11.6. The first-order chi connectivity index (χ1) is 16.7. The number of amides is 1. The quantitative estimate of drug-likeness (QED) is 0.517. The molecule has 0 saturated carbocycles. The van der Waals surface area contributed by atoms with Crippen molar-refractivity contribution in [1.29, 1.82) is 0 Å². The number of carbonyl (C=O) groups is 2. The third-order valence-electron chi connectivity index (χ3n) is 5.99. The molecule has 11 heteroatoms. The zero-order chi connectivity index (χ0) is 25.2. The van der Waals surface area contributed by atoms with E-state index in [1.54, 1.807) is 19.1 Å². The van der Waals surface area contributed by atoms with E-state index < -0.39 is 28.5 Å². The fraction of sp³-hybridized carbons (Fsp3) is 0.417. The maximum absolute atomic E-state index is 13.2. The minimum atomic E-state index is -3.68. The Balaban J connectivity index is 1.44. The maximum Gasteiger partial charge on any atom is 0.344 e. The highest BCUT2D eigenvalue weighted by molar-refractivity contribution is 7.89. The summed E-state index contributed by atoms with van der Waals surface area (Å²) in [6.45, 7) is 5.83. The van der Waals surface area contributed by atoms with Gasteiger partial charge in [-0.1, -0.05) is 18.9 Å². The number of anilines is 1. The number of rotatable bonds is 6. The van der Waals surface area contributed by atoms with Crippen LogP contribution in [-0.2, 0) is 19.6 Å². The molecule has 2 aromatic heterocycles. The second-order valence-corrected chi connectivity index (χ2v) is 10.7. The average Bonchev–Trinajstić information content (AvgIpc) is 3.04. The molecule has 1 aliphatic rings. The van der Waals surface area contributed by atoms with Gasteiger partial charge in [0.05, 0.1) is 11.1 Å². The molecule has 4 rings (SSSR count). The van der Waals surface area contributed by atoms with Gasteiger partial charge >= 0.3 is 5.97 Å². The highest BCUT2D eigenvalue weighted by Gasteiger charge is 2.27. The van der Waals surface area contributed by atoms with Crippen molar-refractivity contribution in [2.45, 2.75) is 51.3 Å². The van der Waals surface area contributed by atoms with E-state index in [2.05, 4.69) is 15.4 Å². The molecular weight excluding hydrogens is 470 g/mol. The van der Waals surface area contributed by atoms with Gasteiger partial charge in [0, 0.05) is 30.2 Å². The zero-order valence-electron chi connectivity index (χ0n) is 20.1. The summed E-state index contributed by atoms with van der Waals surface area (Å²) in [5.74, 6) is -1.31. The molecule has 35 heavy (non-hydrogen) atoms. The number of ether oxygens (including phenoxy) is 1. The van der Waals surface area contributed by atoms with Crippen molar-refractivity contribution in [2.24, 2.45) is 0 Å². The summed E-state index contributed by atoms with van der Waals surface area (Å²) in [6.07, 6.45) is 5.06. The first-order valence-corrected chi connectivity index (χ1v) is 13.0. The van der Waals surface area contributed by atoms with E-state index in [9.17, 15) is 18.0 Å². The van der Waals surface area contributed by atoms with Crippen LogP contribution in [0.15, 0.2) is 35.4 Å². The maximum atomic E-state index is 13.2. The van der Waals surface area contributed by atoms with Gasteiger partial charge < -0.3 is 10.1 Å². The molecule has 0 atom stereocenters. The Morgan fingerprint density at radius 3 is 2.49 bits per heavy atom. The standard InChI is InChI=1S/C24H29N5O5S/c1-16-8-9-19(13-21(16)35(32,33)28-10-6-4-5-7-11-28)27-22(30)15-34-24(31)20-14-25-29-18(3)12-17(2)26-23(20)29/h8-9,12-14H,4-7,10-11,15H2,1-3H3,(H,27,30). The lowest BCUT2D eigenvalue weighted by Crippen LogP contribution is -2.32. The molecule has 0 unspecified atom stereocenters. The van der Waals surface area contributed by atoms with Gasteiger partial charge in [0.25, 0.3) is 5.91 Å². The molecule has 186 valence electrons. The Bertz CT molecular complexity index is 1370. The van der Waals surface area contributed by atoms with Crippen LogP contribution < -0.4 is 5.32 Å². The Labute approximate surface area is 204 Å². The number of esters is 1. The van der Waals surface area contributed by atoms with Gasteiger partial charge in [-0.05, 0) is 57.4 Å². The monoisotopic (exact) mass is 499 g/mol. The van der Waals surface area contributed by atoms with Crippen molar-refractivity contribution in [3.8, 4) is 0 Å². The van der Waals surface area contributed by atoms with E-state index in [0.29, 0.717) is 30.0 Å². The molecule has 0 spiro atoms. The number of fused-ring (bicyclic) bond motifs is 1. The minimum absolute atomic E-state index is 0.158. The fourth-order valence-corrected chi connectivity index (χ4v) is 5.97. The Morgan fingerprint density at radius 1 is 1.06 bits per heavy atom. The van der Waals surface area contributed by atoms with Crippen LogP contribution in [-0.4, -0.2) is 58.9 Å². The molecule has 3 aromatic rings. The largest absolute Gasteiger partial charge is 0.452 e. The molecule has 1 aliphatic heterocycles. The second kappa shape index (κ2) is 10.1. The summed E-state index contributed by atoms with van der Waals surface area (Å²) in [4.78, 5) is 29.5. The number of aromatic nitrogens is 3. The van der Waals surface area contributed by atoms with E-state index >= 15 is 0 Å². The minimum Gasteiger partial charge on any atom is -0.452 e. The lowest BCUT2D eigenvalue weighted by molar-refractivity contribution is -0.119. The van der Waals surface area contributed by atoms with Crippen LogP contribution in [0.3, 0.4) is 0 Å². The fourth-order valence-electron chi connectivity index (χ4n) is 4.20. The van der Waals surface area contributed by atoms with Crippen LogP contribution in [0, 0.1) is 20.8 Å². The highest BCUT2D eigenvalue weighted by atomic mass is 32.2. The number of nitrogens with one attached hydrogen (secondary N) is 1. The summed E-state index contributed by atoms with van der Waals surface area (Å²) in [7, 11) is -3.68. The molecule has 3 heterocycles. The summed E-state index contributed by atoms with van der Waals surface area (Å²) in [6, 6.07) is 6.57. The smallest absolute Gasteiger partial charge is 0.344 e. The normalized spacial score (nSPS) is 15.1. The van der Waals surface area contributed by atoms with Gasteiger partial charge in [-0.15, -0.1) is 0 Å². The summed E-state index contributed by atoms with van der Waals surface area (Å²) >= 11 is 0. The average molecular weight is 500 g/mol. The van der Waals surface area contributed by atoms with Gasteiger partial charge in [-0.2, -0.15) is 9.40 Å². The van der Waals surface area contributed by atoms with Crippen LogP contribution in [0.25, 0.3) is 5.65 Å². The van der Waals surface area contributed by atoms with E-state index in [1.807, 2.05) is 19.9 Å². The molecule has 1 amide bonds. The molecule has 0 radical (unpaired) electrons. The summed E-state index contributed by atoms with van der Waals surface area (Å²) in [5, 5.41) is 6.77. The third kappa shape index (κ3) is 5.35. The van der Waals surface area contributed by atoms with Crippen molar-refractivity contribution < 1.29 is 22.7 Å². The number of hydrogen-bond donors (Lipinski definition) is 1. The van der Waals surface area contributed by atoms with Gasteiger partial charge in [-0.25, -0.2) is 22.7 Å².